The first-order valence-corrected chi connectivity index (χ1v) is 5.49. The van der Waals surface area contributed by atoms with Gasteiger partial charge in [0.2, 0.25) is 5.91 Å². The van der Waals surface area contributed by atoms with Crippen molar-refractivity contribution in [3.8, 4) is 0 Å². The minimum absolute atomic E-state index is 0.101. The number of rotatable bonds is 3. The highest BCUT2D eigenvalue weighted by atomic mass is 16.3. The van der Waals surface area contributed by atoms with Crippen LogP contribution >= 0.6 is 0 Å². The van der Waals surface area contributed by atoms with Crippen molar-refractivity contribution in [1.82, 2.24) is 4.90 Å². The van der Waals surface area contributed by atoms with Crippen LogP contribution in [0.4, 0.5) is 0 Å². The van der Waals surface area contributed by atoms with Crippen molar-refractivity contribution in [2.45, 2.75) is 39.2 Å². The Labute approximate surface area is 90.3 Å². The van der Waals surface area contributed by atoms with E-state index in [9.17, 15) is 14.7 Å². The van der Waals surface area contributed by atoms with Gasteiger partial charge >= 0.3 is 0 Å². The van der Waals surface area contributed by atoms with E-state index in [1.54, 1.807) is 4.90 Å². The van der Waals surface area contributed by atoms with Crippen molar-refractivity contribution >= 4 is 11.7 Å². The molecule has 1 amide bonds. The molecular formula is C11H19NO3. The van der Waals surface area contributed by atoms with Gasteiger partial charge in [0.05, 0.1) is 5.92 Å². The maximum absolute atomic E-state index is 12.0. The SMILES string of the molecule is CCN(CC)C(=O)[C@@H]1CCC(=O)[C@]1(C)O. The second-order valence-electron chi connectivity index (χ2n) is 4.17. The second-order valence-corrected chi connectivity index (χ2v) is 4.17. The van der Waals surface area contributed by atoms with Crippen LogP contribution in [0.15, 0.2) is 0 Å². The molecule has 86 valence electrons. The minimum atomic E-state index is -1.46. The molecule has 0 spiro atoms. The van der Waals surface area contributed by atoms with Gasteiger partial charge < -0.3 is 10.0 Å². The standard InChI is InChI=1S/C11H19NO3/c1-4-12(5-2)10(14)8-6-7-9(13)11(8,3)15/h8,15H,4-7H2,1-3H3/t8-,11+/m0/s1. The molecule has 0 aromatic heterocycles. The van der Waals surface area contributed by atoms with E-state index >= 15 is 0 Å². The lowest BCUT2D eigenvalue weighted by molar-refractivity contribution is -0.148. The number of Topliss-reactive ketones (excluding diaryl/α,β-unsaturated/α-hetero) is 1. The summed E-state index contributed by atoms with van der Waals surface area (Å²) in [5.74, 6) is -0.867. The third-order valence-corrected chi connectivity index (χ3v) is 3.28. The van der Waals surface area contributed by atoms with Crippen LogP contribution in [0.25, 0.3) is 0 Å². The summed E-state index contributed by atoms with van der Waals surface area (Å²) in [7, 11) is 0. The molecule has 0 radical (unpaired) electrons. The lowest BCUT2D eigenvalue weighted by Crippen LogP contribution is -2.46. The van der Waals surface area contributed by atoms with Crippen molar-refractivity contribution in [1.29, 1.82) is 0 Å². The molecule has 4 heteroatoms. The molecule has 15 heavy (non-hydrogen) atoms. The lowest BCUT2D eigenvalue weighted by atomic mass is 9.91. The van der Waals surface area contributed by atoms with Gasteiger partial charge in [0.1, 0.15) is 5.60 Å². The Balaban J connectivity index is 2.81. The van der Waals surface area contributed by atoms with Crippen LogP contribution < -0.4 is 0 Å². The fraction of sp³-hybridized carbons (Fsp3) is 0.818. The van der Waals surface area contributed by atoms with Gasteiger partial charge in [0.25, 0.3) is 0 Å². The van der Waals surface area contributed by atoms with Gasteiger partial charge in [-0.25, -0.2) is 0 Å². The van der Waals surface area contributed by atoms with Gasteiger partial charge in [0, 0.05) is 19.5 Å². The Hall–Kier alpha value is -0.900. The van der Waals surface area contributed by atoms with E-state index < -0.39 is 11.5 Å². The van der Waals surface area contributed by atoms with Crippen LogP contribution in [0.5, 0.6) is 0 Å². The quantitative estimate of drug-likeness (QED) is 0.746. The van der Waals surface area contributed by atoms with Crippen LogP contribution in [0.2, 0.25) is 0 Å². The third-order valence-electron chi connectivity index (χ3n) is 3.28. The van der Waals surface area contributed by atoms with E-state index in [1.165, 1.54) is 6.92 Å². The summed E-state index contributed by atoms with van der Waals surface area (Å²) in [6.07, 6.45) is 0.784. The van der Waals surface area contributed by atoms with Gasteiger partial charge in [0.15, 0.2) is 5.78 Å². The van der Waals surface area contributed by atoms with Crippen LogP contribution in [-0.4, -0.2) is 40.4 Å². The summed E-state index contributed by atoms with van der Waals surface area (Å²) in [5, 5.41) is 9.94. The van der Waals surface area contributed by atoms with E-state index in [2.05, 4.69) is 0 Å². The van der Waals surface area contributed by atoms with Crippen molar-refractivity contribution < 1.29 is 14.7 Å². The van der Waals surface area contributed by atoms with Crippen LogP contribution in [0.3, 0.4) is 0 Å². The molecule has 0 aromatic rings. The molecule has 0 unspecified atom stereocenters. The van der Waals surface area contributed by atoms with E-state index in [0.29, 0.717) is 25.9 Å². The third kappa shape index (κ3) is 2.04. The monoisotopic (exact) mass is 213 g/mol. The number of amides is 1. The van der Waals surface area contributed by atoms with E-state index in [1.807, 2.05) is 13.8 Å². The lowest BCUT2D eigenvalue weighted by Gasteiger charge is -2.28. The summed E-state index contributed by atoms with van der Waals surface area (Å²) in [6.45, 7) is 6.49. The first-order valence-electron chi connectivity index (χ1n) is 5.49. The van der Waals surface area contributed by atoms with Gasteiger partial charge in [-0.2, -0.15) is 0 Å². The molecule has 0 bridgehead atoms. The molecule has 1 saturated carbocycles. The molecule has 1 N–H and O–H groups in total. The molecule has 4 nitrogen and oxygen atoms in total. The molecular weight excluding hydrogens is 194 g/mol. The Kier molecular flexibility index (Phi) is 3.50. The predicted octanol–water partition coefficient (Wildman–Crippen LogP) is 0.585. The summed E-state index contributed by atoms with van der Waals surface area (Å²) < 4.78 is 0. The molecule has 1 aliphatic rings. The normalized spacial score (nSPS) is 30.7. The number of ketones is 1. The summed E-state index contributed by atoms with van der Waals surface area (Å²) in [6, 6.07) is 0. The zero-order valence-corrected chi connectivity index (χ0v) is 9.62. The Morgan fingerprint density at radius 1 is 1.53 bits per heavy atom. The number of carbonyl (C=O) groups excluding carboxylic acids is 2. The largest absolute Gasteiger partial charge is 0.382 e. The highest BCUT2D eigenvalue weighted by Crippen LogP contribution is 2.33. The topological polar surface area (TPSA) is 57.6 Å². The molecule has 0 aromatic carbocycles. The number of nitrogens with zero attached hydrogens (tertiary/aromatic N) is 1. The van der Waals surface area contributed by atoms with Crippen molar-refractivity contribution in [2.24, 2.45) is 5.92 Å². The Morgan fingerprint density at radius 2 is 2.07 bits per heavy atom. The van der Waals surface area contributed by atoms with Gasteiger partial charge in [-0.1, -0.05) is 0 Å². The highest BCUT2D eigenvalue weighted by Gasteiger charge is 2.49. The van der Waals surface area contributed by atoms with E-state index in [4.69, 9.17) is 0 Å². The molecule has 1 aliphatic carbocycles. The second kappa shape index (κ2) is 4.31. The summed E-state index contributed by atoms with van der Waals surface area (Å²) >= 11 is 0. The average Bonchev–Trinajstić information content (AvgIpc) is 2.44. The van der Waals surface area contributed by atoms with Gasteiger partial charge in [-0.05, 0) is 27.2 Å². The highest BCUT2D eigenvalue weighted by molar-refractivity contribution is 5.96. The maximum Gasteiger partial charge on any atom is 0.229 e. The molecule has 1 rings (SSSR count). The van der Waals surface area contributed by atoms with Crippen LogP contribution in [0.1, 0.15) is 33.6 Å². The Bertz CT molecular complexity index is 269. The van der Waals surface area contributed by atoms with Crippen molar-refractivity contribution in [3.05, 3.63) is 0 Å². The zero-order chi connectivity index (χ0) is 11.6. The number of hydrogen-bond acceptors (Lipinski definition) is 3. The van der Waals surface area contributed by atoms with Crippen LogP contribution in [0, 0.1) is 5.92 Å². The zero-order valence-electron chi connectivity index (χ0n) is 9.62. The van der Waals surface area contributed by atoms with E-state index in [0.717, 1.165) is 0 Å². The first kappa shape index (κ1) is 12.2. The average molecular weight is 213 g/mol. The first-order chi connectivity index (χ1) is 6.95. The maximum atomic E-state index is 12.0. The van der Waals surface area contributed by atoms with Gasteiger partial charge in [-0.15, -0.1) is 0 Å². The van der Waals surface area contributed by atoms with Crippen molar-refractivity contribution in [3.63, 3.8) is 0 Å². The minimum Gasteiger partial charge on any atom is -0.382 e. The predicted molar refractivity (Wildman–Crippen MR) is 56.3 cm³/mol. The Morgan fingerprint density at radius 3 is 2.40 bits per heavy atom. The van der Waals surface area contributed by atoms with E-state index in [-0.39, 0.29) is 11.7 Å². The summed E-state index contributed by atoms with van der Waals surface area (Å²) in [5.41, 5.74) is -1.46. The fourth-order valence-corrected chi connectivity index (χ4v) is 2.12. The number of aliphatic hydroxyl groups is 1. The molecule has 0 heterocycles. The number of hydrogen-bond donors (Lipinski definition) is 1. The molecule has 1 fully saturated rings. The molecule has 0 saturated heterocycles. The van der Waals surface area contributed by atoms with Crippen LogP contribution in [-0.2, 0) is 9.59 Å². The summed E-state index contributed by atoms with van der Waals surface area (Å²) in [4.78, 5) is 25.0. The smallest absolute Gasteiger partial charge is 0.229 e. The number of carbonyl (C=O) groups is 2. The molecule has 2 atom stereocenters. The molecule has 0 aliphatic heterocycles. The fourth-order valence-electron chi connectivity index (χ4n) is 2.12. The van der Waals surface area contributed by atoms with Crippen molar-refractivity contribution in [2.75, 3.05) is 13.1 Å². The van der Waals surface area contributed by atoms with Gasteiger partial charge in [-0.3, -0.25) is 9.59 Å².